The lowest BCUT2D eigenvalue weighted by molar-refractivity contribution is -0.154. The molecule has 1 aliphatic rings. The number of alkyl halides is 1. The zero-order valence-corrected chi connectivity index (χ0v) is 16.8. The maximum atomic E-state index is 14.6. The van der Waals surface area contributed by atoms with Crippen molar-refractivity contribution in [2.45, 2.75) is 18.8 Å². The van der Waals surface area contributed by atoms with Crippen LogP contribution in [0.4, 0.5) is 4.39 Å². The molecule has 2 aromatic carbocycles. The summed E-state index contributed by atoms with van der Waals surface area (Å²) in [7, 11) is 0. The number of halogens is 5. The number of hydrogen-bond acceptors (Lipinski definition) is 3. The van der Waals surface area contributed by atoms with Gasteiger partial charge in [0.1, 0.15) is 5.75 Å². The summed E-state index contributed by atoms with van der Waals surface area (Å²) in [5, 5.41) is 1.29. The van der Waals surface area contributed by atoms with Gasteiger partial charge in [0.05, 0.1) is 28.1 Å². The Hall–Kier alpha value is -0.560. The maximum absolute atomic E-state index is 14.6. The van der Waals surface area contributed by atoms with Gasteiger partial charge in [-0.05, 0) is 31.2 Å². The normalized spacial score (nSPS) is 23.0. The largest absolute Gasteiger partial charge is 0.453 e. The van der Waals surface area contributed by atoms with Crippen molar-refractivity contribution in [1.29, 1.82) is 0 Å². The van der Waals surface area contributed by atoms with Crippen LogP contribution >= 0.6 is 50.7 Å². The number of rotatable bonds is 4. The van der Waals surface area contributed by atoms with Gasteiger partial charge >= 0.3 is 0 Å². The first-order chi connectivity index (χ1) is 11.8. The molecule has 1 heterocycles. The lowest BCUT2D eigenvalue weighted by Gasteiger charge is -2.27. The van der Waals surface area contributed by atoms with Gasteiger partial charge in [-0.15, -0.1) is 0 Å². The summed E-state index contributed by atoms with van der Waals surface area (Å²) in [6.07, 6.45) is -0.125. The molecule has 25 heavy (non-hydrogen) atoms. The van der Waals surface area contributed by atoms with Crippen molar-refractivity contribution < 1.29 is 18.6 Å². The summed E-state index contributed by atoms with van der Waals surface area (Å²) in [4.78, 5) is 0. The standard InChI is InChI=1S/C17H13BrCl3FO3/c1-9-7-23-17(8-18,25-9)11-5-14(22)16(6-12(11)20)24-15-3-2-10(19)4-13(15)21/h2-6,9H,7-8H2,1H3. The molecular weight excluding hydrogens is 457 g/mol. The van der Waals surface area contributed by atoms with Gasteiger partial charge in [-0.2, -0.15) is 0 Å². The van der Waals surface area contributed by atoms with Gasteiger partial charge in [-0.3, -0.25) is 0 Å². The van der Waals surface area contributed by atoms with Gasteiger partial charge in [0.25, 0.3) is 0 Å². The van der Waals surface area contributed by atoms with Crippen LogP contribution in [0.25, 0.3) is 0 Å². The molecule has 0 spiro atoms. The van der Waals surface area contributed by atoms with Gasteiger partial charge in [-0.25, -0.2) is 4.39 Å². The van der Waals surface area contributed by atoms with Crippen LogP contribution in [0.3, 0.4) is 0 Å². The molecule has 0 aromatic heterocycles. The van der Waals surface area contributed by atoms with Gasteiger partial charge in [0, 0.05) is 16.7 Å². The van der Waals surface area contributed by atoms with Crippen molar-refractivity contribution in [3.63, 3.8) is 0 Å². The Kier molecular flexibility index (Phi) is 5.83. The Balaban J connectivity index is 1.95. The number of ether oxygens (including phenoxy) is 3. The summed E-state index contributed by atoms with van der Waals surface area (Å²) < 4.78 is 31.7. The summed E-state index contributed by atoms with van der Waals surface area (Å²) in [6, 6.07) is 7.28. The quantitative estimate of drug-likeness (QED) is 0.474. The van der Waals surface area contributed by atoms with E-state index in [1.165, 1.54) is 18.2 Å². The third-order valence-corrected chi connectivity index (χ3v) is 5.25. The van der Waals surface area contributed by atoms with Gasteiger partial charge in [0.15, 0.2) is 11.6 Å². The van der Waals surface area contributed by atoms with Crippen LogP contribution in [0.15, 0.2) is 30.3 Å². The second-order valence-corrected chi connectivity index (χ2v) is 7.38. The average Bonchev–Trinajstić information content (AvgIpc) is 2.95. The van der Waals surface area contributed by atoms with E-state index < -0.39 is 11.6 Å². The summed E-state index contributed by atoms with van der Waals surface area (Å²) in [5.74, 6) is -1.54. The summed E-state index contributed by atoms with van der Waals surface area (Å²) in [6.45, 7) is 2.26. The van der Waals surface area contributed by atoms with Crippen LogP contribution in [0.5, 0.6) is 11.5 Å². The smallest absolute Gasteiger partial charge is 0.206 e. The Bertz CT molecular complexity index is 805. The molecule has 3 nitrogen and oxygen atoms in total. The lowest BCUT2D eigenvalue weighted by atomic mass is 10.1. The first kappa shape index (κ1) is 19.2. The van der Waals surface area contributed by atoms with Crippen molar-refractivity contribution >= 4 is 50.7 Å². The van der Waals surface area contributed by atoms with Crippen molar-refractivity contribution in [2.75, 3.05) is 11.9 Å². The predicted octanol–water partition coefficient (Wildman–Crippen LogP) is 6.56. The number of benzene rings is 2. The third kappa shape index (κ3) is 3.92. The molecule has 2 aromatic rings. The third-order valence-electron chi connectivity index (χ3n) is 3.66. The van der Waals surface area contributed by atoms with Crippen LogP contribution in [-0.2, 0) is 15.3 Å². The van der Waals surface area contributed by atoms with Crippen molar-refractivity contribution in [3.05, 3.63) is 56.8 Å². The van der Waals surface area contributed by atoms with E-state index in [2.05, 4.69) is 15.9 Å². The lowest BCUT2D eigenvalue weighted by Crippen LogP contribution is -2.30. The minimum Gasteiger partial charge on any atom is -0.453 e. The molecule has 0 radical (unpaired) electrons. The average molecular weight is 471 g/mol. The predicted molar refractivity (Wildman–Crippen MR) is 99.9 cm³/mol. The van der Waals surface area contributed by atoms with Gasteiger partial charge in [-0.1, -0.05) is 50.7 Å². The fraction of sp³-hybridized carbons (Fsp3) is 0.294. The molecule has 1 aliphatic heterocycles. The monoisotopic (exact) mass is 468 g/mol. The van der Waals surface area contributed by atoms with E-state index in [1.807, 2.05) is 6.92 Å². The van der Waals surface area contributed by atoms with Gasteiger partial charge < -0.3 is 14.2 Å². The number of hydrogen-bond donors (Lipinski definition) is 0. The highest BCUT2D eigenvalue weighted by Gasteiger charge is 2.43. The first-order valence-corrected chi connectivity index (χ1v) is 9.60. The summed E-state index contributed by atoms with van der Waals surface area (Å²) >= 11 is 21.6. The molecule has 2 unspecified atom stereocenters. The van der Waals surface area contributed by atoms with E-state index in [1.54, 1.807) is 12.1 Å². The zero-order valence-electron chi connectivity index (χ0n) is 13.0. The molecule has 2 atom stereocenters. The molecule has 3 rings (SSSR count). The minimum atomic E-state index is -1.13. The van der Waals surface area contributed by atoms with E-state index >= 15 is 0 Å². The molecule has 0 N–H and O–H groups in total. The van der Waals surface area contributed by atoms with Crippen molar-refractivity contribution in [3.8, 4) is 11.5 Å². The highest BCUT2D eigenvalue weighted by molar-refractivity contribution is 9.09. The zero-order chi connectivity index (χ0) is 18.2. The SMILES string of the molecule is CC1COC(CBr)(c2cc(F)c(Oc3ccc(Cl)cc3Cl)cc2Cl)O1. The maximum Gasteiger partial charge on any atom is 0.206 e. The molecule has 0 saturated carbocycles. The first-order valence-electron chi connectivity index (χ1n) is 7.35. The molecule has 1 saturated heterocycles. The molecule has 134 valence electrons. The van der Waals surface area contributed by atoms with E-state index in [0.29, 0.717) is 22.5 Å². The molecule has 1 fully saturated rings. The van der Waals surface area contributed by atoms with Gasteiger partial charge in [0.2, 0.25) is 5.79 Å². The van der Waals surface area contributed by atoms with Crippen LogP contribution in [0.1, 0.15) is 12.5 Å². The Morgan fingerprint density at radius 2 is 1.96 bits per heavy atom. The van der Waals surface area contributed by atoms with Crippen LogP contribution < -0.4 is 4.74 Å². The van der Waals surface area contributed by atoms with E-state index in [0.717, 1.165) is 0 Å². The van der Waals surface area contributed by atoms with Crippen molar-refractivity contribution in [1.82, 2.24) is 0 Å². The van der Waals surface area contributed by atoms with Crippen LogP contribution in [-0.4, -0.2) is 18.0 Å². The second kappa shape index (κ2) is 7.59. The van der Waals surface area contributed by atoms with Crippen molar-refractivity contribution in [2.24, 2.45) is 0 Å². The summed E-state index contributed by atoms with van der Waals surface area (Å²) in [5.41, 5.74) is 0.391. The van der Waals surface area contributed by atoms with E-state index in [9.17, 15) is 4.39 Å². The van der Waals surface area contributed by atoms with Crippen LogP contribution in [0, 0.1) is 5.82 Å². The topological polar surface area (TPSA) is 27.7 Å². The highest BCUT2D eigenvalue weighted by Crippen LogP contribution is 2.42. The Morgan fingerprint density at radius 3 is 2.56 bits per heavy atom. The molecule has 0 amide bonds. The highest BCUT2D eigenvalue weighted by atomic mass is 79.9. The van der Waals surface area contributed by atoms with E-state index in [4.69, 9.17) is 49.0 Å². The molecule has 0 bridgehead atoms. The Labute approximate surface area is 168 Å². The van der Waals surface area contributed by atoms with Crippen LogP contribution in [0.2, 0.25) is 15.1 Å². The minimum absolute atomic E-state index is 0.0614. The van der Waals surface area contributed by atoms with E-state index in [-0.39, 0.29) is 27.6 Å². The second-order valence-electron chi connectivity index (χ2n) is 5.57. The molecule has 8 heteroatoms. The Morgan fingerprint density at radius 1 is 1.20 bits per heavy atom. The molecular formula is C17H13BrCl3FO3. The fourth-order valence-electron chi connectivity index (χ4n) is 2.50. The molecule has 0 aliphatic carbocycles. The fourth-order valence-corrected chi connectivity index (χ4v) is 3.84.